The SMILES string of the molecule is C#CCCC(C)(NC(=O)c1ccc2ncccc2c1)c1ncc(C(F)(F)F)cc1N. The summed E-state index contributed by atoms with van der Waals surface area (Å²) in [7, 11) is 0. The number of nitrogen functional groups attached to an aromatic ring is 1. The van der Waals surface area contributed by atoms with Gasteiger partial charge in [-0.25, -0.2) is 0 Å². The quantitative estimate of drug-likeness (QED) is 0.613. The molecule has 1 atom stereocenters. The van der Waals surface area contributed by atoms with Gasteiger partial charge in [-0.1, -0.05) is 6.07 Å². The fraction of sp³-hybridized carbons (Fsp3) is 0.227. The molecule has 1 aromatic carbocycles. The van der Waals surface area contributed by atoms with Gasteiger partial charge in [0.2, 0.25) is 0 Å². The zero-order chi connectivity index (χ0) is 21.9. The summed E-state index contributed by atoms with van der Waals surface area (Å²) in [6.45, 7) is 1.64. The number of hydrogen-bond acceptors (Lipinski definition) is 4. The molecule has 3 rings (SSSR count). The summed E-state index contributed by atoms with van der Waals surface area (Å²) in [5.41, 5.74) is 4.82. The van der Waals surface area contributed by atoms with Crippen molar-refractivity contribution >= 4 is 22.5 Å². The van der Waals surface area contributed by atoms with Crippen LogP contribution in [-0.4, -0.2) is 15.9 Å². The van der Waals surface area contributed by atoms with E-state index in [0.29, 0.717) is 11.8 Å². The Morgan fingerprint density at radius 3 is 2.67 bits per heavy atom. The van der Waals surface area contributed by atoms with E-state index in [2.05, 4.69) is 21.2 Å². The van der Waals surface area contributed by atoms with Gasteiger partial charge in [0.1, 0.15) is 0 Å². The maximum atomic E-state index is 13.0. The third-order valence-corrected chi connectivity index (χ3v) is 4.79. The van der Waals surface area contributed by atoms with Crippen molar-refractivity contribution in [1.29, 1.82) is 0 Å². The highest BCUT2D eigenvalue weighted by Crippen LogP contribution is 2.34. The second-order valence-corrected chi connectivity index (χ2v) is 7.06. The molecule has 2 aromatic heterocycles. The standard InChI is InChI=1S/C22H19F3N4O/c1-3-4-9-21(2,19-17(26)12-16(13-28-19)22(23,24)25)29-20(30)15-7-8-18-14(11-15)6-5-10-27-18/h1,5-8,10-13H,4,9,26H2,2H3,(H,29,30). The molecule has 154 valence electrons. The third kappa shape index (κ3) is 4.35. The zero-order valence-corrected chi connectivity index (χ0v) is 16.1. The van der Waals surface area contributed by atoms with Gasteiger partial charge >= 0.3 is 6.18 Å². The molecule has 3 N–H and O–H groups in total. The summed E-state index contributed by atoms with van der Waals surface area (Å²) in [5, 5.41) is 3.63. The average Bonchev–Trinajstić information content (AvgIpc) is 2.71. The van der Waals surface area contributed by atoms with E-state index in [4.69, 9.17) is 12.2 Å². The monoisotopic (exact) mass is 412 g/mol. The third-order valence-electron chi connectivity index (χ3n) is 4.79. The highest BCUT2D eigenvalue weighted by molar-refractivity contribution is 5.98. The molecule has 0 radical (unpaired) electrons. The molecule has 0 aliphatic rings. The van der Waals surface area contributed by atoms with Crippen LogP contribution in [0.1, 0.15) is 41.4 Å². The lowest BCUT2D eigenvalue weighted by molar-refractivity contribution is -0.137. The maximum Gasteiger partial charge on any atom is 0.417 e. The molecule has 3 aromatic rings. The number of benzene rings is 1. The van der Waals surface area contributed by atoms with Crippen LogP contribution in [0, 0.1) is 12.3 Å². The molecule has 8 heteroatoms. The van der Waals surface area contributed by atoms with E-state index in [1.807, 2.05) is 6.07 Å². The Bertz CT molecular complexity index is 1140. The number of nitrogens with two attached hydrogens (primary N) is 1. The number of hydrogen-bond donors (Lipinski definition) is 2. The first-order valence-electron chi connectivity index (χ1n) is 9.08. The molecule has 0 spiro atoms. The Morgan fingerprint density at radius 1 is 1.23 bits per heavy atom. The number of nitrogens with zero attached hydrogens (tertiary/aromatic N) is 2. The van der Waals surface area contributed by atoms with Crippen molar-refractivity contribution in [1.82, 2.24) is 15.3 Å². The van der Waals surface area contributed by atoms with Crippen molar-refractivity contribution in [3.8, 4) is 12.3 Å². The van der Waals surface area contributed by atoms with Gasteiger partial charge in [0.05, 0.1) is 28.0 Å². The van der Waals surface area contributed by atoms with E-state index >= 15 is 0 Å². The van der Waals surface area contributed by atoms with Crippen LogP contribution in [0.5, 0.6) is 0 Å². The number of carbonyl (C=O) groups excluding carboxylic acids is 1. The highest BCUT2D eigenvalue weighted by atomic mass is 19.4. The Kier molecular flexibility index (Phi) is 5.65. The fourth-order valence-corrected chi connectivity index (χ4v) is 3.20. The van der Waals surface area contributed by atoms with E-state index in [1.165, 1.54) is 0 Å². The van der Waals surface area contributed by atoms with Gasteiger partial charge in [-0.2, -0.15) is 13.2 Å². The largest absolute Gasteiger partial charge is 0.417 e. The lowest BCUT2D eigenvalue weighted by Gasteiger charge is -2.31. The maximum absolute atomic E-state index is 13.0. The van der Waals surface area contributed by atoms with Crippen LogP contribution in [0.25, 0.3) is 10.9 Å². The molecular weight excluding hydrogens is 393 g/mol. The molecule has 0 saturated heterocycles. The number of alkyl halides is 3. The van der Waals surface area contributed by atoms with Gasteiger partial charge in [0.25, 0.3) is 5.91 Å². The van der Waals surface area contributed by atoms with Crippen LogP contribution in [-0.2, 0) is 11.7 Å². The summed E-state index contributed by atoms with van der Waals surface area (Å²) in [6, 6.07) is 9.41. The van der Waals surface area contributed by atoms with E-state index in [-0.39, 0.29) is 24.2 Å². The van der Waals surface area contributed by atoms with Crippen LogP contribution in [0.4, 0.5) is 18.9 Å². The molecule has 1 unspecified atom stereocenters. The Balaban J connectivity index is 1.96. The summed E-state index contributed by atoms with van der Waals surface area (Å²) in [4.78, 5) is 21.1. The molecule has 0 saturated carbocycles. The first kappa shape index (κ1) is 21.1. The van der Waals surface area contributed by atoms with E-state index in [1.54, 1.807) is 37.4 Å². The Labute approximate surface area is 171 Å². The lowest BCUT2D eigenvalue weighted by Crippen LogP contribution is -2.44. The fourth-order valence-electron chi connectivity index (χ4n) is 3.20. The predicted octanol–water partition coefficient (Wildman–Crippen LogP) is 4.29. The number of rotatable bonds is 5. The second kappa shape index (κ2) is 8.03. The average molecular weight is 412 g/mol. The van der Waals surface area contributed by atoms with Crippen molar-refractivity contribution in [3.63, 3.8) is 0 Å². The van der Waals surface area contributed by atoms with Crippen LogP contribution >= 0.6 is 0 Å². The molecule has 5 nitrogen and oxygen atoms in total. The molecule has 0 aliphatic heterocycles. The van der Waals surface area contributed by atoms with Crippen molar-refractivity contribution in [3.05, 3.63) is 65.6 Å². The van der Waals surface area contributed by atoms with Gasteiger partial charge in [0.15, 0.2) is 0 Å². The van der Waals surface area contributed by atoms with Crippen LogP contribution in [0.15, 0.2) is 48.8 Å². The number of pyridine rings is 2. The molecule has 1 amide bonds. The number of anilines is 1. The molecule has 2 heterocycles. The molecule has 30 heavy (non-hydrogen) atoms. The number of fused-ring (bicyclic) bond motifs is 1. The molecule has 0 fully saturated rings. The number of aromatic nitrogens is 2. The minimum absolute atomic E-state index is 0.126. The van der Waals surface area contributed by atoms with Crippen molar-refractivity contribution in [2.45, 2.75) is 31.5 Å². The Hall–Kier alpha value is -3.60. The van der Waals surface area contributed by atoms with E-state index in [9.17, 15) is 18.0 Å². The number of carbonyl (C=O) groups is 1. The topological polar surface area (TPSA) is 80.9 Å². The zero-order valence-electron chi connectivity index (χ0n) is 16.1. The number of terminal acetylenes is 1. The lowest BCUT2D eigenvalue weighted by atomic mass is 9.89. The highest BCUT2D eigenvalue weighted by Gasteiger charge is 2.36. The normalized spacial score (nSPS) is 13.4. The second-order valence-electron chi connectivity index (χ2n) is 7.06. The number of amides is 1. The van der Waals surface area contributed by atoms with E-state index < -0.39 is 23.2 Å². The van der Waals surface area contributed by atoms with Gasteiger partial charge in [-0.15, -0.1) is 12.3 Å². The number of nitrogens with one attached hydrogen (secondary N) is 1. The van der Waals surface area contributed by atoms with Gasteiger partial charge in [0, 0.05) is 29.8 Å². The van der Waals surface area contributed by atoms with Crippen LogP contribution < -0.4 is 11.1 Å². The van der Waals surface area contributed by atoms with Gasteiger partial charge in [-0.3, -0.25) is 14.8 Å². The van der Waals surface area contributed by atoms with Gasteiger partial charge in [-0.05, 0) is 43.7 Å². The number of halogens is 3. The van der Waals surface area contributed by atoms with Crippen LogP contribution in [0.2, 0.25) is 0 Å². The summed E-state index contributed by atoms with van der Waals surface area (Å²) in [6.07, 6.45) is 3.66. The molecule has 0 bridgehead atoms. The predicted molar refractivity (Wildman–Crippen MR) is 108 cm³/mol. The first-order valence-corrected chi connectivity index (χ1v) is 9.08. The Morgan fingerprint density at radius 2 is 2.00 bits per heavy atom. The van der Waals surface area contributed by atoms with E-state index in [0.717, 1.165) is 17.0 Å². The van der Waals surface area contributed by atoms with Crippen LogP contribution in [0.3, 0.4) is 0 Å². The smallest absolute Gasteiger partial charge is 0.397 e. The van der Waals surface area contributed by atoms with Crippen molar-refractivity contribution in [2.75, 3.05) is 5.73 Å². The first-order chi connectivity index (χ1) is 14.1. The molecule has 0 aliphatic carbocycles. The minimum atomic E-state index is -4.57. The summed E-state index contributed by atoms with van der Waals surface area (Å²) in [5.74, 6) is 2.05. The summed E-state index contributed by atoms with van der Waals surface area (Å²) >= 11 is 0. The van der Waals surface area contributed by atoms with Crippen molar-refractivity contribution < 1.29 is 18.0 Å². The molecular formula is C22H19F3N4O. The summed E-state index contributed by atoms with van der Waals surface area (Å²) < 4.78 is 38.9. The minimum Gasteiger partial charge on any atom is -0.397 e. The van der Waals surface area contributed by atoms with Gasteiger partial charge < -0.3 is 11.1 Å². The van der Waals surface area contributed by atoms with Crippen molar-refractivity contribution in [2.24, 2.45) is 0 Å².